The van der Waals surface area contributed by atoms with E-state index in [1.54, 1.807) is 24.3 Å². The Morgan fingerprint density at radius 2 is 0.729 bits per heavy atom. The van der Waals surface area contributed by atoms with E-state index in [4.69, 9.17) is 9.47 Å². The summed E-state index contributed by atoms with van der Waals surface area (Å²) in [5.74, 6) is -0.743. The predicted molar refractivity (Wildman–Crippen MR) is 204 cm³/mol. The zero-order valence-electron chi connectivity index (χ0n) is 32.1. The van der Waals surface area contributed by atoms with Gasteiger partial charge in [-0.25, -0.2) is 9.59 Å². The molecule has 0 amide bonds. The molecule has 0 saturated carbocycles. The van der Waals surface area contributed by atoms with E-state index < -0.39 is 0 Å². The minimum atomic E-state index is -0.371. The van der Waals surface area contributed by atoms with Crippen LogP contribution in [0.4, 0.5) is 0 Å². The highest BCUT2D eigenvalue weighted by Gasteiger charge is 2.14. The van der Waals surface area contributed by atoms with Gasteiger partial charge in [-0.15, -0.1) is 0 Å². The Kier molecular flexibility index (Phi) is 29.7. The third-order valence-corrected chi connectivity index (χ3v) is 9.35. The van der Waals surface area contributed by atoms with Crippen LogP contribution in [0.25, 0.3) is 0 Å². The first-order chi connectivity index (χ1) is 23.5. The number of hydrogen-bond acceptors (Lipinski definition) is 6. The lowest BCUT2D eigenvalue weighted by Gasteiger charge is -2.22. The van der Waals surface area contributed by atoms with Crippen LogP contribution in [-0.2, 0) is 9.47 Å². The van der Waals surface area contributed by atoms with Crippen molar-refractivity contribution in [2.24, 2.45) is 0 Å². The fourth-order valence-corrected chi connectivity index (χ4v) is 6.27. The second-order valence-electron chi connectivity index (χ2n) is 13.9. The van der Waals surface area contributed by atoms with Gasteiger partial charge < -0.3 is 19.3 Å². The minimum absolute atomic E-state index is 0.371. The highest BCUT2D eigenvalue weighted by atomic mass is 16.5. The lowest BCUT2D eigenvalue weighted by molar-refractivity contribution is 0.0486. The molecular weight excluding hydrogens is 596 g/mol. The summed E-state index contributed by atoms with van der Waals surface area (Å²) in [6, 6.07) is 6.79. The minimum Gasteiger partial charge on any atom is -0.462 e. The van der Waals surface area contributed by atoms with E-state index in [0.717, 1.165) is 52.1 Å². The van der Waals surface area contributed by atoms with Crippen LogP contribution in [0.5, 0.6) is 0 Å². The molecule has 1 rings (SSSR count). The molecule has 6 heteroatoms. The van der Waals surface area contributed by atoms with Gasteiger partial charge in [0.25, 0.3) is 0 Å². The molecule has 1 aromatic rings. The van der Waals surface area contributed by atoms with Gasteiger partial charge in [0.15, 0.2) is 0 Å². The molecule has 0 aromatic heterocycles. The van der Waals surface area contributed by atoms with E-state index in [0.29, 0.717) is 24.3 Å². The zero-order valence-corrected chi connectivity index (χ0v) is 32.1. The Labute approximate surface area is 297 Å². The molecule has 1 aromatic carbocycles. The van der Waals surface area contributed by atoms with Gasteiger partial charge in [0, 0.05) is 13.1 Å². The summed E-state index contributed by atoms with van der Waals surface area (Å²) in [7, 11) is 0. The van der Waals surface area contributed by atoms with Crippen LogP contribution in [0.3, 0.4) is 0 Å². The van der Waals surface area contributed by atoms with Crippen molar-refractivity contribution in [1.82, 2.24) is 9.80 Å². The van der Waals surface area contributed by atoms with Crippen LogP contribution in [-0.4, -0.2) is 74.2 Å². The van der Waals surface area contributed by atoms with E-state index in [1.165, 1.54) is 128 Å². The number of ether oxygens (including phenoxy) is 2. The van der Waals surface area contributed by atoms with Crippen LogP contribution in [0.1, 0.15) is 190 Å². The standard InChI is InChI=1S/C42H76N2O4/c1-5-9-13-17-21-30-43(31-22-18-14-10-6-2)34-26-36-47-41(45)39-28-25-29-40(38-39)42(46)48-37-27-35-44(32-23-19-15-11-7-3)33-24-20-16-12-8-4/h25,28-29,38H,5-24,26-27,30-37H2,1-4H3. The molecule has 0 aliphatic rings. The smallest absolute Gasteiger partial charge is 0.338 e. The van der Waals surface area contributed by atoms with Gasteiger partial charge in [0.2, 0.25) is 0 Å². The Bertz CT molecular complexity index is 797. The van der Waals surface area contributed by atoms with Gasteiger partial charge in [-0.05, 0) is 82.9 Å². The summed E-state index contributed by atoms with van der Waals surface area (Å²) >= 11 is 0. The lowest BCUT2D eigenvalue weighted by atomic mass is 10.1. The van der Waals surface area contributed by atoms with Crippen molar-refractivity contribution >= 4 is 11.9 Å². The molecule has 6 nitrogen and oxygen atoms in total. The number of esters is 2. The summed E-state index contributed by atoms with van der Waals surface area (Å²) in [6.07, 6.45) is 27.5. The topological polar surface area (TPSA) is 59.1 Å². The van der Waals surface area contributed by atoms with Crippen molar-refractivity contribution in [3.63, 3.8) is 0 Å². The molecule has 0 aliphatic heterocycles. The molecule has 0 fully saturated rings. The molecule has 0 unspecified atom stereocenters. The van der Waals surface area contributed by atoms with E-state index in [1.807, 2.05) is 0 Å². The molecular formula is C42H76N2O4. The molecule has 0 atom stereocenters. The third-order valence-electron chi connectivity index (χ3n) is 9.35. The number of benzene rings is 1. The average molecular weight is 673 g/mol. The van der Waals surface area contributed by atoms with E-state index >= 15 is 0 Å². The molecule has 0 N–H and O–H groups in total. The van der Waals surface area contributed by atoms with Crippen LogP contribution in [0.15, 0.2) is 24.3 Å². The summed E-state index contributed by atoms with van der Waals surface area (Å²) < 4.78 is 11.3. The number of rotatable bonds is 34. The Hall–Kier alpha value is -1.92. The molecule has 0 saturated heterocycles. The molecule has 48 heavy (non-hydrogen) atoms. The average Bonchev–Trinajstić information content (AvgIpc) is 3.10. The Balaban J connectivity index is 2.46. The van der Waals surface area contributed by atoms with Crippen molar-refractivity contribution in [2.45, 2.75) is 169 Å². The fraction of sp³-hybridized carbons (Fsp3) is 0.810. The van der Waals surface area contributed by atoms with Crippen molar-refractivity contribution in [2.75, 3.05) is 52.5 Å². The van der Waals surface area contributed by atoms with E-state index in [9.17, 15) is 9.59 Å². The largest absolute Gasteiger partial charge is 0.462 e. The maximum atomic E-state index is 12.8. The van der Waals surface area contributed by atoms with Gasteiger partial charge in [0.05, 0.1) is 24.3 Å². The SMILES string of the molecule is CCCCCCCN(CCCCCCC)CCCOC(=O)c1cccc(C(=O)OCCCN(CCCCCCC)CCCCCCC)c1. The maximum Gasteiger partial charge on any atom is 0.338 e. The Morgan fingerprint density at radius 3 is 1.04 bits per heavy atom. The predicted octanol–water partition coefficient (Wildman–Crippen LogP) is 11.3. The third kappa shape index (κ3) is 24.3. The van der Waals surface area contributed by atoms with Gasteiger partial charge in [0.1, 0.15) is 0 Å². The number of hydrogen-bond donors (Lipinski definition) is 0. The van der Waals surface area contributed by atoms with Crippen LogP contribution >= 0.6 is 0 Å². The molecule has 278 valence electrons. The van der Waals surface area contributed by atoms with Crippen LogP contribution in [0, 0.1) is 0 Å². The summed E-state index contributed by atoms with van der Waals surface area (Å²) in [4.78, 5) is 30.8. The monoisotopic (exact) mass is 673 g/mol. The molecule has 0 bridgehead atoms. The highest BCUT2D eigenvalue weighted by molar-refractivity contribution is 5.95. The first-order valence-electron chi connectivity index (χ1n) is 20.4. The molecule has 0 aliphatic carbocycles. The summed E-state index contributed by atoms with van der Waals surface area (Å²) in [5.41, 5.74) is 0.816. The second kappa shape index (κ2) is 32.3. The lowest BCUT2D eigenvalue weighted by Crippen LogP contribution is -2.28. The summed E-state index contributed by atoms with van der Waals surface area (Å²) in [6.45, 7) is 16.3. The second-order valence-corrected chi connectivity index (χ2v) is 13.9. The first kappa shape index (κ1) is 44.1. The van der Waals surface area contributed by atoms with Crippen molar-refractivity contribution in [3.05, 3.63) is 35.4 Å². The van der Waals surface area contributed by atoms with Gasteiger partial charge in [-0.2, -0.15) is 0 Å². The van der Waals surface area contributed by atoms with Gasteiger partial charge in [-0.1, -0.05) is 136 Å². The first-order valence-corrected chi connectivity index (χ1v) is 20.4. The van der Waals surface area contributed by atoms with E-state index in [2.05, 4.69) is 37.5 Å². The molecule has 0 radical (unpaired) electrons. The number of nitrogens with zero attached hydrogens (tertiary/aromatic N) is 2. The van der Waals surface area contributed by atoms with Gasteiger partial charge in [-0.3, -0.25) is 0 Å². The fourth-order valence-electron chi connectivity index (χ4n) is 6.27. The quantitative estimate of drug-likeness (QED) is 0.0536. The molecule has 0 spiro atoms. The number of unbranched alkanes of at least 4 members (excludes halogenated alkanes) is 16. The normalized spacial score (nSPS) is 11.5. The number of carbonyl (C=O) groups excluding carboxylic acids is 2. The van der Waals surface area contributed by atoms with Crippen molar-refractivity contribution in [1.29, 1.82) is 0 Å². The van der Waals surface area contributed by atoms with Crippen molar-refractivity contribution in [3.8, 4) is 0 Å². The Morgan fingerprint density at radius 1 is 0.438 bits per heavy atom. The number of carbonyl (C=O) groups is 2. The van der Waals surface area contributed by atoms with Crippen LogP contribution in [0.2, 0.25) is 0 Å². The zero-order chi connectivity index (χ0) is 34.9. The molecule has 0 heterocycles. The van der Waals surface area contributed by atoms with Crippen LogP contribution < -0.4 is 0 Å². The summed E-state index contributed by atoms with van der Waals surface area (Å²) in [5, 5.41) is 0. The maximum absolute atomic E-state index is 12.8. The highest BCUT2D eigenvalue weighted by Crippen LogP contribution is 2.12. The van der Waals surface area contributed by atoms with Crippen molar-refractivity contribution < 1.29 is 19.1 Å². The van der Waals surface area contributed by atoms with Gasteiger partial charge >= 0.3 is 11.9 Å². The van der Waals surface area contributed by atoms with E-state index in [-0.39, 0.29) is 11.9 Å².